The van der Waals surface area contributed by atoms with Crippen LogP contribution >= 0.6 is 0 Å². The number of furan rings is 1. The summed E-state index contributed by atoms with van der Waals surface area (Å²) in [5.74, 6) is 0.0768. The standard InChI is InChI=1S/C21H26FN3O4S/c1-14-5-8-20(29-14)17-7-6-16(12-18(17)22)30(27,28)25-10-3-2-4-19(25)21(26)24-11-9-15(23)13-24/h5-8,12,15,19H,2-4,9-11,13,23H2,1H3/t15-,19-/m0/s1. The fourth-order valence-corrected chi connectivity index (χ4v) is 5.87. The van der Waals surface area contributed by atoms with Crippen LogP contribution in [0.5, 0.6) is 0 Å². The van der Waals surface area contributed by atoms with Crippen LogP contribution in [0.15, 0.2) is 39.6 Å². The highest BCUT2D eigenvalue weighted by Crippen LogP contribution is 2.31. The lowest BCUT2D eigenvalue weighted by Gasteiger charge is -2.35. The van der Waals surface area contributed by atoms with E-state index in [1.807, 2.05) is 0 Å². The molecule has 2 aliphatic rings. The molecule has 7 nitrogen and oxygen atoms in total. The highest BCUT2D eigenvalue weighted by molar-refractivity contribution is 7.89. The third kappa shape index (κ3) is 3.89. The molecule has 4 rings (SSSR count). The van der Waals surface area contributed by atoms with Crippen molar-refractivity contribution >= 4 is 15.9 Å². The maximum Gasteiger partial charge on any atom is 0.243 e. The molecule has 162 valence electrons. The number of carbonyl (C=O) groups excluding carboxylic acids is 1. The maximum absolute atomic E-state index is 14.8. The van der Waals surface area contributed by atoms with E-state index in [-0.39, 0.29) is 29.0 Å². The third-order valence-electron chi connectivity index (χ3n) is 5.83. The first kappa shape index (κ1) is 21.0. The van der Waals surface area contributed by atoms with Gasteiger partial charge in [-0.1, -0.05) is 6.42 Å². The number of hydrogen-bond donors (Lipinski definition) is 1. The van der Waals surface area contributed by atoms with Gasteiger partial charge in [-0.05, 0) is 56.5 Å². The van der Waals surface area contributed by atoms with Crippen LogP contribution in [0.25, 0.3) is 11.3 Å². The number of nitrogens with two attached hydrogens (primary N) is 1. The number of benzene rings is 1. The van der Waals surface area contributed by atoms with E-state index in [0.717, 1.165) is 12.5 Å². The summed E-state index contributed by atoms with van der Waals surface area (Å²) >= 11 is 0. The number of hydrogen-bond acceptors (Lipinski definition) is 5. The quantitative estimate of drug-likeness (QED) is 0.796. The van der Waals surface area contributed by atoms with Crippen molar-refractivity contribution in [3.63, 3.8) is 0 Å². The highest BCUT2D eigenvalue weighted by Gasteiger charge is 2.40. The summed E-state index contributed by atoms with van der Waals surface area (Å²) < 4.78 is 48.1. The molecule has 2 aliphatic heterocycles. The molecule has 0 saturated carbocycles. The van der Waals surface area contributed by atoms with E-state index in [2.05, 4.69) is 0 Å². The molecular weight excluding hydrogens is 409 g/mol. The van der Waals surface area contributed by atoms with Crippen molar-refractivity contribution in [3.8, 4) is 11.3 Å². The normalized spacial score (nSPS) is 23.1. The smallest absolute Gasteiger partial charge is 0.243 e. The summed E-state index contributed by atoms with van der Waals surface area (Å²) in [5.41, 5.74) is 6.10. The topological polar surface area (TPSA) is 96.9 Å². The first-order valence-electron chi connectivity index (χ1n) is 10.2. The molecule has 30 heavy (non-hydrogen) atoms. The Morgan fingerprint density at radius 1 is 1.17 bits per heavy atom. The van der Waals surface area contributed by atoms with Gasteiger partial charge in [0.2, 0.25) is 15.9 Å². The molecule has 1 aromatic carbocycles. The number of halogens is 1. The lowest BCUT2D eigenvalue weighted by Crippen LogP contribution is -2.52. The Kier molecular flexibility index (Phi) is 5.69. The van der Waals surface area contributed by atoms with Crippen molar-refractivity contribution < 1.29 is 22.0 Å². The predicted octanol–water partition coefficient (Wildman–Crippen LogP) is 2.50. The van der Waals surface area contributed by atoms with E-state index in [0.29, 0.717) is 43.9 Å². The molecule has 9 heteroatoms. The third-order valence-corrected chi connectivity index (χ3v) is 7.73. The van der Waals surface area contributed by atoms with Crippen LogP contribution in [0.2, 0.25) is 0 Å². The Hall–Kier alpha value is -2.23. The molecule has 0 unspecified atom stereocenters. The van der Waals surface area contributed by atoms with Crippen LogP contribution < -0.4 is 5.73 Å². The molecule has 2 aromatic rings. The molecule has 0 spiro atoms. The van der Waals surface area contributed by atoms with E-state index < -0.39 is 21.9 Å². The average Bonchev–Trinajstić information content (AvgIpc) is 3.35. The zero-order valence-corrected chi connectivity index (χ0v) is 17.7. The van der Waals surface area contributed by atoms with Gasteiger partial charge in [0, 0.05) is 25.7 Å². The largest absolute Gasteiger partial charge is 0.461 e. The van der Waals surface area contributed by atoms with Crippen LogP contribution in [0, 0.1) is 12.7 Å². The van der Waals surface area contributed by atoms with Gasteiger partial charge in [-0.2, -0.15) is 4.31 Å². The zero-order valence-electron chi connectivity index (χ0n) is 16.9. The number of carbonyl (C=O) groups is 1. The Balaban J connectivity index is 1.62. The summed E-state index contributed by atoms with van der Waals surface area (Å²) in [6.07, 6.45) is 2.60. The maximum atomic E-state index is 14.8. The van der Waals surface area contributed by atoms with Crippen molar-refractivity contribution in [2.75, 3.05) is 19.6 Å². The van der Waals surface area contributed by atoms with Gasteiger partial charge in [0.25, 0.3) is 0 Å². The van der Waals surface area contributed by atoms with E-state index in [4.69, 9.17) is 10.2 Å². The minimum Gasteiger partial charge on any atom is -0.461 e. The Morgan fingerprint density at radius 3 is 2.60 bits per heavy atom. The van der Waals surface area contributed by atoms with Gasteiger partial charge in [0.05, 0.1) is 10.5 Å². The summed E-state index contributed by atoms with van der Waals surface area (Å²) in [4.78, 5) is 14.5. The average molecular weight is 436 g/mol. The lowest BCUT2D eigenvalue weighted by molar-refractivity contribution is -0.135. The number of nitrogens with zero attached hydrogens (tertiary/aromatic N) is 2. The van der Waals surface area contributed by atoms with Crippen molar-refractivity contribution in [1.29, 1.82) is 0 Å². The Labute approximate surface area is 175 Å². The van der Waals surface area contributed by atoms with E-state index in [9.17, 15) is 17.6 Å². The molecule has 2 atom stereocenters. The second kappa shape index (κ2) is 8.13. The first-order chi connectivity index (χ1) is 14.3. The summed E-state index contributed by atoms with van der Waals surface area (Å²) in [6.45, 7) is 2.96. The van der Waals surface area contributed by atoms with Gasteiger partial charge in [0.1, 0.15) is 23.4 Å². The fourth-order valence-electron chi connectivity index (χ4n) is 4.21. The Morgan fingerprint density at radius 2 is 1.97 bits per heavy atom. The molecular formula is C21H26FN3O4S. The molecule has 2 fully saturated rings. The van der Waals surface area contributed by atoms with Crippen molar-refractivity contribution in [2.24, 2.45) is 5.73 Å². The monoisotopic (exact) mass is 435 g/mol. The summed E-state index contributed by atoms with van der Waals surface area (Å²) in [7, 11) is -4.03. The van der Waals surface area contributed by atoms with Gasteiger partial charge in [-0.15, -0.1) is 0 Å². The van der Waals surface area contributed by atoms with Crippen molar-refractivity contribution in [1.82, 2.24) is 9.21 Å². The molecule has 3 heterocycles. The number of rotatable bonds is 4. The number of likely N-dealkylation sites (tertiary alicyclic amines) is 1. The van der Waals surface area contributed by atoms with E-state index >= 15 is 0 Å². The van der Waals surface area contributed by atoms with Crippen LogP contribution in [0.3, 0.4) is 0 Å². The SMILES string of the molecule is Cc1ccc(-c2ccc(S(=O)(=O)N3CCCC[C@H]3C(=O)N3CC[C@H](N)C3)cc2F)o1. The summed E-state index contributed by atoms with van der Waals surface area (Å²) in [5, 5.41) is 0. The lowest BCUT2D eigenvalue weighted by atomic mass is 10.0. The zero-order chi connectivity index (χ0) is 21.5. The summed E-state index contributed by atoms with van der Waals surface area (Å²) in [6, 6.07) is 6.29. The molecule has 1 amide bonds. The molecule has 0 aliphatic carbocycles. The molecule has 0 radical (unpaired) electrons. The second-order valence-corrected chi connectivity index (χ2v) is 9.90. The number of piperidine rings is 1. The van der Waals surface area contributed by atoms with Crippen molar-refractivity contribution in [3.05, 3.63) is 41.9 Å². The molecule has 2 N–H and O–H groups in total. The van der Waals surface area contributed by atoms with E-state index in [1.165, 1.54) is 16.4 Å². The minimum absolute atomic E-state index is 0.0746. The van der Waals surface area contributed by atoms with Crippen LogP contribution in [0.4, 0.5) is 4.39 Å². The van der Waals surface area contributed by atoms with Crippen LogP contribution in [0.1, 0.15) is 31.4 Å². The Bertz CT molecular complexity index is 1050. The van der Waals surface area contributed by atoms with Crippen LogP contribution in [-0.4, -0.2) is 55.2 Å². The number of amides is 1. The fraction of sp³-hybridized carbons (Fsp3) is 0.476. The molecule has 1 aromatic heterocycles. The highest BCUT2D eigenvalue weighted by atomic mass is 32.2. The minimum atomic E-state index is -4.03. The molecule has 0 bridgehead atoms. The second-order valence-electron chi connectivity index (χ2n) is 8.01. The predicted molar refractivity (Wildman–Crippen MR) is 110 cm³/mol. The first-order valence-corrected chi connectivity index (χ1v) is 11.6. The van der Waals surface area contributed by atoms with Gasteiger partial charge < -0.3 is 15.1 Å². The van der Waals surface area contributed by atoms with Gasteiger partial charge in [-0.25, -0.2) is 12.8 Å². The number of sulfonamides is 1. The van der Waals surface area contributed by atoms with Crippen molar-refractivity contribution in [2.45, 2.75) is 49.6 Å². The van der Waals surface area contributed by atoms with Gasteiger partial charge in [-0.3, -0.25) is 4.79 Å². The van der Waals surface area contributed by atoms with E-state index in [1.54, 1.807) is 24.0 Å². The number of aryl methyl sites for hydroxylation is 1. The molecule has 2 saturated heterocycles. The van der Waals surface area contributed by atoms with Gasteiger partial charge in [0.15, 0.2) is 0 Å². The van der Waals surface area contributed by atoms with Gasteiger partial charge >= 0.3 is 0 Å². The van der Waals surface area contributed by atoms with Crippen LogP contribution in [-0.2, 0) is 14.8 Å².